The fraction of sp³-hybridized carbons (Fsp3) is 0.143. The lowest BCUT2D eigenvalue weighted by molar-refractivity contribution is 0.609. The van der Waals surface area contributed by atoms with Crippen LogP contribution < -0.4 is 0 Å². The molecule has 0 N–H and O–H groups in total. The van der Waals surface area contributed by atoms with Gasteiger partial charge >= 0.3 is 0 Å². The molecule has 0 amide bonds. The molecule has 0 bridgehead atoms. The second kappa shape index (κ2) is 4.05. The van der Waals surface area contributed by atoms with Crippen LogP contribution in [0.2, 0.25) is 5.02 Å². The maximum Gasteiger partial charge on any atom is 0.262 e. The Morgan fingerprint density at radius 1 is 1.31 bits per heavy atom. The van der Waals surface area contributed by atoms with Gasteiger partial charge in [0, 0.05) is 16.6 Å². The molecule has 1 aromatic carbocycles. The van der Waals surface area contributed by atoms with Crippen molar-refractivity contribution in [3.8, 4) is 0 Å². The quantitative estimate of drug-likeness (QED) is 0.604. The average molecular weight is 260 g/mol. The molecule has 13 heavy (non-hydrogen) atoms. The smallest absolute Gasteiger partial charge is 0.207 e. The van der Waals surface area contributed by atoms with Crippen molar-refractivity contribution >= 4 is 42.9 Å². The van der Waals surface area contributed by atoms with Gasteiger partial charge in [-0.3, -0.25) is 0 Å². The molecule has 0 saturated carbocycles. The highest BCUT2D eigenvalue weighted by Crippen LogP contribution is 2.25. The van der Waals surface area contributed by atoms with Crippen LogP contribution in [-0.2, 0) is 14.9 Å². The molecular formula is C7H5Cl3O2S. The fourth-order valence-electron chi connectivity index (χ4n) is 0.825. The van der Waals surface area contributed by atoms with Gasteiger partial charge in [0.1, 0.15) is 4.90 Å². The van der Waals surface area contributed by atoms with Crippen LogP contribution in [0.15, 0.2) is 23.1 Å². The minimum absolute atomic E-state index is 0.0909. The van der Waals surface area contributed by atoms with E-state index in [1.54, 1.807) is 6.07 Å². The summed E-state index contributed by atoms with van der Waals surface area (Å²) in [6.45, 7) is 0. The number of rotatable bonds is 2. The predicted molar refractivity (Wildman–Crippen MR) is 54.0 cm³/mol. The van der Waals surface area contributed by atoms with E-state index < -0.39 is 9.05 Å². The minimum atomic E-state index is -3.76. The molecule has 2 nitrogen and oxygen atoms in total. The van der Waals surface area contributed by atoms with E-state index in [1.807, 2.05) is 0 Å². The second-order valence-electron chi connectivity index (χ2n) is 2.34. The number of benzene rings is 1. The van der Waals surface area contributed by atoms with Gasteiger partial charge in [-0.1, -0.05) is 17.7 Å². The molecule has 0 aromatic heterocycles. The van der Waals surface area contributed by atoms with Crippen molar-refractivity contribution in [2.45, 2.75) is 10.8 Å². The van der Waals surface area contributed by atoms with Crippen molar-refractivity contribution in [1.29, 1.82) is 0 Å². The van der Waals surface area contributed by atoms with Gasteiger partial charge in [-0.15, -0.1) is 11.6 Å². The Bertz CT molecular complexity index is 414. The Morgan fingerprint density at radius 2 is 1.92 bits per heavy atom. The molecule has 0 aliphatic carbocycles. The summed E-state index contributed by atoms with van der Waals surface area (Å²) in [4.78, 5) is -0.0929. The number of halogens is 3. The molecule has 1 rings (SSSR count). The Balaban J connectivity index is 3.29. The van der Waals surface area contributed by atoms with Gasteiger partial charge in [0.25, 0.3) is 9.05 Å². The molecule has 0 atom stereocenters. The summed E-state index contributed by atoms with van der Waals surface area (Å²) in [6.07, 6.45) is 0. The Morgan fingerprint density at radius 3 is 2.31 bits per heavy atom. The minimum Gasteiger partial charge on any atom is -0.207 e. The highest BCUT2D eigenvalue weighted by molar-refractivity contribution is 8.13. The normalized spacial score (nSPS) is 11.6. The van der Waals surface area contributed by atoms with Crippen LogP contribution in [0.4, 0.5) is 0 Å². The van der Waals surface area contributed by atoms with Crippen molar-refractivity contribution in [3.05, 3.63) is 28.8 Å². The lowest BCUT2D eigenvalue weighted by Gasteiger charge is -2.01. The first-order valence-electron chi connectivity index (χ1n) is 3.24. The molecule has 0 spiro atoms. The third kappa shape index (κ3) is 2.74. The van der Waals surface area contributed by atoms with Crippen molar-refractivity contribution in [3.63, 3.8) is 0 Å². The zero-order chi connectivity index (χ0) is 10.1. The summed E-state index contributed by atoms with van der Waals surface area (Å²) < 4.78 is 21.8. The average Bonchev–Trinajstić information content (AvgIpc) is 2.01. The topological polar surface area (TPSA) is 34.1 Å². The molecule has 0 heterocycles. The molecule has 0 fully saturated rings. The number of hydrogen-bond acceptors (Lipinski definition) is 2. The van der Waals surface area contributed by atoms with Crippen molar-refractivity contribution in [1.82, 2.24) is 0 Å². The van der Waals surface area contributed by atoms with Crippen LogP contribution >= 0.6 is 33.9 Å². The van der Waals surface area contributed by atoms with E-state index in [1.165, 1.54) is 12.1 Å². The zero-order valence-electron chi connectivity index (χ0n) is 6.30. The van der Waals surface area contributed by atoms with Crippen molar-refractivity contribution < 1.29 is 8.42 Å². The highest BCUT2D eigenvalue weighted by atomic mass is 35.7. The van der Waals surface area contributed by atoms with Gasteiger partial charge in [0.15, 0.2) is 0 Å². The van der Waals surface area contributed by atoms with Gasteiger partial charge in [-0.25, -0.2) is 8.42 Å². The molecular weight excluding hydrogens is 255 g/mol. The summed E-state index contributed by atoms with van der Waals surface area (Å²) in [5, 5.41) is 0.0909. The zero-order valence-corrected chi connectivity index (χ0v) is 9.38. The van der Waals surface area contributed by atoms with E-state index in [9.17, 15) is 8.42 Å². The third-order valence-electron chi connectivity index (χ3n) is 1.41. The highest BCUT2D eigenvalue weighted by Gasteiger charge is 2.14. The molecule has 0 radical (unpaired) electrons. The fourth-order valence-corrected chi connectivity index (χ4v) is 2.54. The second-order valence-corrected chi connectivity index (χ2v) is 5.55. The third-order valence-corrected chi connectivity index (χ3v) is 3.53. The molecule has 1 aromatic rings. The molecule has 0 aliphatic rings. The first-order chi connectivity index (χ1) is 5.95. The van der Waals surface area contributed by atoms with Crippen LogP contribution in [0.5, 0.6) is 0 Å². The first-order valence-corrected chi connectivity index (χ1v) is 6.46. The van der Waals surface area contributed by atoms with E-state index in [-0.39, 0.29) is 15.8 Å². The largest absolute Gasteiger partial charge is 0.262 e. The maximum absolute atomic E-state index is 10.9. The van der Waals surface area contributed by atoms with Crippen molar-refractivity contribution in [2.75, 3.05) is 0 Å². The summed E-state index contributed by atoms with van der Waals surface area (Å²) >= 11 is 11.2. The standard InChI is InChI=1S/C7H5Cl3O2S/c8-4-5-1-2-7(6(9)3-5)13(10,11)12/h1-3H,4H2. The lowest BCUT2D eigenvalue weighted by Crippen LogP contribution is -1.92. The van der Waals surface area contributed by atoms with Gasteiger partial charge in [-0.2, -0.15) is 0 Å². The van der Waals surface area contributed by atoms with E-state index in [2.05, 4.69) is 0 Å². The van der Waals surface area contributed by atoms with Crippen LogP contribution in [-0.4, -0.2) is 8.42 Å². The van der Waals surface area contributed by atoms with Gasteiger partial charge in [-0.05, 0) is 17.7 Å². The van der Waals surface area contributed by atoms with Crippen LogP contribution in [0, 0.1) is 0 Å². The predicted octanol–water partition coefficient (Wildman–Crippen LogP) is 3.01. The molecule has 0 saturated heterocycles. The summed E-state index contributed by atoms with van der Waals surface area (Å²) in [5.74, 6) is 0.280. The van der Waals surface area contributed by atoms with Gasteiger partial charge in [0.2, 0.25) is 0 Å². The molecule has 72 valence electrons. The first kappa shape index (κ1) is 11.1. The Labute approximate surface area is 90.8 Å². The van der Waals surface area contributed by atoms with Gasteiger partial charge < -0.3 is 0 Å². The lowest BCUT2D eigenvalue weighted by atomic mass is 10.2. The monoisotopic (exact) mass is 258 g/mol. The van der Waals surface area contributed by atoms with E-state index in [4.69, 9.17) is 33.9 Å². The van der Waals surface area contributed by atoms with Crippen LogP contribution in [0.3, 0.4) is 0 Å². The maximum atomic E-state index is 10.9. The van der Waals surface area contributed by atoms with Crippen molar-refractivity contribution in [2.24, 2.45) is 0 Å². The SMILES string of the molecule is O=S(=O)(Cl)c1ccc(CCl)cc1Cl. The number of alkyl halides is 1. The van der Waals surface area contributed by atoms with Crippen LogP contribution in [0.25, 0.3) is 0 Å². The van der Waals surface area contributed by atoms with E-state index in [0.29, 0.717) is 0 Å². The summed E-state index contributed by atoms with van der Waals surface area (Å²) in [7, 11) is 1.35. The van der Waals surface area contributed by atoms with Crippen LogP contribution in [0.1, 0.15) is 5.56 Å². The Kier molecular flexibility index (Phi) is 3.46. The molecule has 0 unspecified atom stereocenters. The van der Waals surface area contributed by atoms with E-state index in [0.717, 1.165) is 5.56 Å². The van der Waals surface area contributed by atoms with Gasteiger partial charge in [0.05, 0.1) is 5.02 Å². The number of hydrogen-bond donors (Lipinski definition) is 0. The Hall–Kier alpha value is 0.0400. The molecule has 6 heteroatoms. The van der Waals surface area contributed by atoms with E-state index >= 15 is 0 Å². The summed E-state index contributed by atoms with van der Waals surface area (Å²) in [5.41, 5.74) is 0.746. The molecule has 0 aliphatic heterocycles. The summed E-state index contributed by atoms with van der Waals surface area (Å²) in [6, 6.07) is 4.38.